The van der Waals surface area contributed by atoms with E-state index in [1.165, 1.54) is 12.7 Å². The number of ether oxygens (including phenoxy) is 2. The van der Waals surface area contributed by atoms with E-state index in [0.29, 0.717) is 29.1 Å². The van der Waals surface area contributed by atoms with E-state index in [4.69, 9.17) is 9.47 Å². The first-order chi connectivity index (χ1) is 13.5. The molecule has 1 heterocycles. The third-order valence-corrected chi connectivity index (χ3v) is 6.91. The highest BCUT2D eigenvalue weighted by Crippen LogP contribution is 2.49. The van der Waals surface area contributed by atoms with E-state index in [1.807, 2.05) is 25.7 Å². The topological polar surface area (TPSA) is 72.9 Å². The fourth-order valence-corrected chi connectivity index (χ4v) is 4.76. The normalized spacial score (nSPS) is 23.0. The second-order valence-corrected chi connectivity index (χ2v) is 11.4. The van der Waals surface area contributed by atoms with E-state index >= 15 is 0 Å². The molecule has 2 aliphatic rings. The van der Waals surface area contributed by atoms with Crippen LogP contribution in [-0.2, 0) is 14.6 Å². The number of amides is 1. The summed E-state index contributed by atoms with van der Waals surface area (Å²) in [5.41, 5.74) is -0.444. The lowest BCUT2D eigenvalue weighted by Gasteiger charge is -2.33. The Morgan fingerprint density at radius 2 is 1.76 bits per heavy atom. The molecule has 162 valence electrons. The molecule has 1 saturated carbocycles. The first kappa shape index (κ1) is 21.9. The molecule has 1 aromatic carbocycles. The van der Waals surface area contributed by atoms with Crippen LogP contribution in [0.15, 0.2) is 29.2 Å². The molecule has 3 rings (SSSR count). The summed E-state index contributed by atoms with van der Waals surface area (Å²) in [4.78, 5) is 14.3. The monoisotopic (exact) mass is 423 g/mol. The molecular formula is C22H33NO5S. The summed E-state index contributed by atoms with van der Waals surface area (Å²) in [6.07, 6.45) is 5.37. The lowest BCUT2D eigenvalue weighted by molar-refractivity contribution is 0.0174. The minimum Gasteiger partial charge on any atom is -0.494 e. The van der Waals surface area contributed by atoms with Crippen molar-refractivity contribution in [2.24, 2.45) is 17.8 Å². The number of carbonyl (C=O) groups is 1. The number of sulfone groups is 1. The van der Waals surface area contributed by atoms with Gasteiger partial charge in [-0.25, -0.2) is 13.2 Å². The molecule has 0 aromatic heterocycles. The standard InChI is InChI=1S/C22H33NO5S/c1-22(2,3)28-21(24)23-12-9-16(10-13-23)20-15-17(20)11-14-27-18-5-7-19(8-6-18)29(4,25)26/h5-8,16-17,20H,9-15H2,1-4H3. The molecule has 2 fully saturated rings. The summed E-state index contributed by atoms with van der Waals surface area (Å²) in [5.74, 6) is 2.84. The van der Waals surface area contributed by atoms with Crippen LogP contribution in [0.1, 0.15) is 46.5 Å². The first-order valence-electron chi connectivity index (χ1n) is 10.4. The van der Waals surface area contributed by atoms with Gasteiger partial charge in [-0.15, -0.1) is 0 Å². The molecule has 0 radical (unpaired) electrons. The van der Waals surface area contributed by atoms with Crippen LogP contribution in [0.3, 0.4) is 0 Å². The van der Waals surface area contributed by atoms with E-state index in [-0.39, 0.29) is 6.09 Å². The SMILES string of the molecule is CC(C)(C)OC(=O)N1CCC(C2CC2CCOc2ccc(S(C)(=O)=O)cc2)CC1. The number of carbonyl (C=O) groups excluding carboxylic acids is 1. The maximum atomic E-state index is 12.2. The summed E-state index contributed by atoms with van der Waals surface area (Å²) in [6.45, 7) is 7.91. The van der Waals surface area contributed by atoms with Crippen LogP contribution < -0.4 is 4.74 Å². The molecule has 2 unspecified atom stereocenters. The van der Waals surface area contributed by atoms with Gasteiger partial charge in [-0.3, -0.25) is 0 Å². The number of likely N-dealkylation sites (tertiary alicyclic amines) is 1. The van der Waals surface area contributed by atoms with Crippen molar-refractivity contribution in [3.8, 4) is 5.75 Å². The molecule has 0 spiro atoms. The van der Waals surface area contributed by atoms with Gasteiger partial charge in [0.15, 0.2) is 9.84 Å². The van der Waals surface area contributed by atoms with Crippen LogP contribution in [0.25, 0.3) is 0 Å². The molecule has 7 heteroatoms. The number of nitrogens with zero attached hydrogens (tertiary/aromatic N) is 1. The zero-order valence-electron chi connectivity index (χ0n) is 17.9. The van der Waals surface area contributed by atoms with Crippen molar-refractivity contribution in [3.05, 3.63) is 24.3 Å². The Hall–Kier alpha value is -1.76. The van der Waals surface area contributed by atoms with E-state index in [9.17, 15) is 13.2 Å². The zero-order chi connectivity index (χ0) is 21.2. The number of hydrogen-bond acceptors (Lipinski definition) is 5. The summed E-state index contributed by atoms with van der Waals surface area (Å²) in [6, 6.07) is 6.60. The van der Waals surface area contributed by atoms with Gasteiger partial charge in [0.25, 0.3) is 0 Å². The third kappa shape index (κ3) is 6.36. The Balaban J connectivity index is 1.35. The number of rotatable bonds is 6. The van der Waals surface area contributed by atoms with Crippen LogP contribution in [-0.4, -0.2) is 51.0 Å². The molecule has 1 saturated heterocycles. The van der Waals surface area contributed by atoms with Crippen molar-refractivity contribution < 1.29 is 22.7 Å². The van der Waals surface area contributed by atoms with Gasteiger partial charge >= 0.3 is 6.09 Å². The van der Waals surface area contributed by atoms with E-state index < -0.39 is 15.4 Å². The predicted molar refractivity (Wildman–Crippen MR) is 112 cm³/mol. The van der Waals surface area contributed by atoms with Gasteiger partial charge in [0.2, 0.25) is 0 Å². The molecule has 6 nitrogen and oxygen atoms in total. The van der Waals surface area contributed by atoms with Crippen molar-refractivity contribution in [2.75, 3.05) is 26.0 Å². The summed E-state index contributed by atoms with van der Waals surface area (Å²) in [5, 5.41) is 0. The Morgan fingerprint density at radius 1 is 1.14 bits per heavy atom. The van der Waals surface area contributed by atoms with Gasteiger partial charge in [-0.2, -0.15) is 0 Å². The van der Waals surface area contributed by atoms with Crippen LogP contribution in [0.4, 0.5) is 4.79 Å². The summed E-state index contributed by atoms with van der Waals surface area (Å²) < 4.78 is 34.2. The van der Waals surface area contributed by atoms with Crippen molar-refractivity contribution in [1.29, 1.82) is 0 Å². The first-order valence-corrected chi connectivity index (χ1v) is 12.3. The van der Waals surface area contributed by atoms with Gasteiger partial charge in [-0.1, -0.05) is 0 Å². The molecule has 0 N–H and O–H groups in total. The third-order valence-electron chi connectivity index (χ3n) is 5.78. The Labute approximate surface area is 174 Å². The van der Waals surface area contributed by atoms with Gasteiger partial charge in [-0.05, 0) is 88.5 Å². The highest BCUT2D eigenvalue weighted by atomic mass is 32.2. The van der Waals surface area contributed by atoms with Crippen molar-refractivity contribution >= 4 is 15.9 Å². The van der Waals surface area contributed by atoms with E-state index in [2.05, 4.69) is 0 Å². The number of benzene rings is 1. The van der Waals surface area contributed by atoms with Crippen molar-refractivity contribution in [2.45, 2.75) is 57.0 Å². The lowest BCUT2D eigenvalue weighted by atomic mass is 9.90. The Bertz CT molecular complexity index is 805. The molecule has 1 aliphatic carbocycles. The largest absolute Gasteiger partial charge is 0.494 e. The van der Waals surface area contributed by atoms with E-state index in [0.717, 1.165) is 38.3 Å². The predicted octanol–water partition coefficient (Wildman–Crippen LogP) is 4.14. The number of hydrogen-bond donors (Lipinski definition) is 0. The molecule has 1 aromatic rings. The zero-order valence-corrected chi connectivity index (χ0v) is 18.7. The van der Waals surface area contributed by atoms with Crippen LogP contribution >= 0.6 is 0 Å². The van der Waals surface area contributed by atoms with Crippen LogP contribution in [0, 0.1) is 17.8 Å². The number of piperidine rings is 1. The fourth-order valence-electron chi connectivity index (χ4n) is 4.13. The highest BCUT2D eigenvalue weighted by Gasteiger charge is 2.43. The summed E-state index contributed by atoms with van der Waals surface area (Å²) in [7, 11) is -3.17. The Kier molecular flexibility index (Phi) is 6.46. The quantitative estimate of drug-likeness (QED) is 0.687. The molecule has 29 heavy (non-hydrogen) atoms. The fraction of sp³-hybridized carbons (Fsp3) is 0.682. The molecular weight excluding hydrogens is 390 g/mol. The van der Waals surface area contributed by atoms with Crippen molar-refractivity contribution in [1.82, 2.24) is 4.90 Å². The smallest absolute Gasteiger partial charge is 0.410 e. The average molecular weight is 424 g/mol. The molecule has 2 atom stereocenters. The maximum Gasteiger partial charge on any atom is 0.410 e. The van der Waals surface area contributed by atoms with E-state index in [1.54, 1.807) is 24.3 Å². The second kappa shape index (κ2) is 8.54. The maximum absolute atomic E-state index is 12.2. The molecule has 0 bridgehead atoms. The minimum absolute atomic E-state index is 0.196. The molecule has 1 aliphatic heterocycles. The highest BCUT2D eigenvalue weighted by molar-refractivity contribution is 7.90. The van der Waals surface area contributed by atoms with Gasteiger partial charge < -0.3 is 14.4 Å². The van der Waals surface area contributed by atoms with Crippen LogP contribution in [0.5, 0.6) is 5.75 Å². The van der Waals surface area contributed by atoms with Crippen molar-refractivity contribution in [3.63, 3.8) is 0 Å². The average Bonchev–Trinajstić information content (AvgIpc) is 3.40. The second-order valence-electron chi connectivity index (χ2n) is 9.35. The van der Waals surface area contributed by atoms with Crippen LogP contribution in [0.2, 0.25) is 0 Å². The summed E-state index contributed by atoms with van der Waals surface area (Å²) >= 11 is 0. The van der Waals surface area contributed by atoms with Gasteiger partial charge in [0.05, 0.1) is 11.5 Å². The lowest BCUT2D eigenvalue weighted by Crippen LogP contribution is -2.42. The molecule has 1 amide bonds. The van der Waals surface area contributed by atoms with Gasteiger partial charge in [0.1, 0.15) is 11.4 Å². The minimum atomic E-state index is -3.17. The van der Waals surface area contributed by atoms with Gasteiger partial charge in [0, 0.05) is 19.3 Å². The Morgan fingerprint density at radius 3 is 2.31 bits per heavy atom.